The third-order valence-electron chi connectivity index (χ3n) is 4.78. The average molecular weight is 675 g/mol. The van der Waals surface area contributed by atoms with E-state index in [0.29, 0.717) is 49.0 Å². The van der Waals surface area contributed by atoms with Crippen LogP contribution in [0.5, 0.6) is 0 Å². The third-order valence-corrected chi connectivity index (χ3v) is 4.78. The van der Waals surface area contributed by atoms with Gasteiger partial charge in [0.2, 0.25) is 11.6 Å². The molecule has 4 bridgehead atoms. The maximum Gasteiger partial charge on any atom is 3.00 e. The van der Waals surface area contributed by atoms with Crippen molar-refractivity contribution in [1.82, 2.24) is 15.5 Å². The monoisotopic (exact) mass is 674 g/mol. The molecule has 0 spiro atoms. The van der Waals surface area contributed by atoms with Gasteiger partial charge in [-0.05, 0) is 31.4 Å². The minimum absolute atomic E-state index is 0. The van der Waals surface area contributed by atoms with Gasteiger partial charge in [-0.3, -0.25) is 9.59 Å². The molecule has 36 heavy (non-hydrogen) atoms. The van der Waals surface area contributed by atoms with E-state index in [1.807, 2.05) is 7.05 Å². The van der Waals surface area contributed by atoms with Crippen LogP contribution in [0.25, 0.3) is 0 Å². The molecule has 13 heteroatoms. The van der Waals surface area contributed by atoms with E-state index < -0.39 is 0 Å². The van der Waals surface area contributed by atoms with E-state index in [1.54, 1.807) is 48.9 Å². The fourth-order valence-electron chi connectivity index (χ4n) is 3.03. The summed E-state index contributed by atoms with van der Waals surface area (Å²) in [6.07, 6.45) is 13.9. The van der Waals surface area contributed by atoms with Crippen LogP contribution in [0.2, 0.25) is 0 Å². The molecule has 1 aliphatic heterocycles. The molecule has 0 atom stereocenters. The molecule has 3 aliphatic rings. The van der Waals surface area contributed by atoms with Crippen molar-refractivity contribution < 1.29 is 82.6 Å². The third kappa shape index (κ3) is 12.3. The number of ether oxygens (including phenoxy) is 3. The van der Waals surface area contributed by atoms with Gasteiger partial charge in [-0.1, -0.05) is 12.2 Å². The molecule has 0 aromatic carbocycles. The Kier molecular flexibility index (Phi) is 22.6. The maximum absolute atomic E-state index is 12.5. The summed E-state index contributed by atoms with van der Waals surface area (Å²) in [5, 5.41) is 6.37. The summed E-state index contributed by atoms with van der Waals surface area (Å²) in [6, 6.07) is 0. The molecule has 0 unspecified atom stereocenters. The molecule has 0 amide bonds. The topological polar surface area (TPSA) is 215 Å². The van der Waals surface area contributed by atoms with Crippen LogP contribution in [0, 0.1) is 36.9 Å². The SMILES string of the molecule is CN1CCNC=C2C=CC=C(OCCOCCOC3=CC=CC(=CNCC1)C3=O)C2=O.O.O.O.O.[Lu+3]. The number of fused-ring (bicyclic) bond motifs is 4. The van der Waals surface area contributed by atoms with Crippen molar-refractivity contribution >= 4 is 11.6 Å². The molecule has 12 nitrogen and oxygen atoms in total. The summed E-state index contributed by atoms with van der Waals surface area (Å²) >= 11 is 0. The number of allylic oxidation sites excluding steroid dienone is 8. The molecule has 0 aromatic heterocycles. The summed E-state index contributed by atoms with van der Waals surface area (Å²) in [6.45, 7) is 4.11. The predicted molar refractivity (Wildman–Crippen MR) is 131 cm³/mol. The molecule has 1 heterocycles. The Hall–Kier alpha value is -2.03. The van der Waals surface area contributed by atoms with Crippen molar-refractivity contribution in [3.63, 3.8) is 0 Å². The summed E-state index contributed by atoms with van der Waals surface area (Å²) in [5.74, 6) is 0.280. The van der Waals surface area contributed by atoms with E-state index in [1.165, 1.54) is 0 Å². The van der Waals surface area contributed by atoms with Crippen LogP contribution in [0.15, 0.2) is 71.5 Å². The Morgan fingerprint density at radius 2 is 1.14 bits per heavy atom. The van der Waals surface area contributed by atoms with Crippen LogP contribution in [-0.2, 0) is 23.8 Å². The Labute approximate surface area is 239 Å². The first kappa shape index (κ1) is 38.5. The minimum Gasteiger partial charge on any atom is -0.487 e. The molecule has 3 rings (SSSR count). The number of hydrogen-bond acceptors (Lipinski definition) is 8. The molecule has 210 valence electrons. The molecular weight excluding hydrogens is 637 g/mol. The van der Waals surface area contributed by atoms with Crippen molar-refractivity contribution in [3.05, 3.63) is 71.5 Å². The van der Waals surface area contributed by atoms with Crippen LogP contribution in [-0.4, -0.2) is 98.0 Å². The molecule has 10 N–H and O–H groups in total. The maximum atomic E-state index is 12.5. The molecule has 0 aromatic rings. The number of nitrogens with one attached hydrogen (secondary N) is 2. The quantitative estimate of drug-likeness (QED) is 0.284. The molecule has 0 saturated heterocycles. The summed E-state index contributed by atoms with van der Waals surface area (Å²) in [4.78, 5) is 27.1. The summed E-state index contributed by atoms with van der Waals surface area (Å²) in [7, 11) is 2.02. The van der Waals surface area contributed by atoms with Gasteiger partial charge in [0.1, 0.15) is 13.2 Å². The van der Waals surface area contributed by atoms with Gasteiger partial charge in [0.15, 0.2) is 11.5 Å². The van der Waals surface area contributed by atoms with Crippen LogP contribution in [0.1, 0.15) is 0 Å². The van der Waals surface area contributed by atoms with Crippen molar-refractivity contribution in [2.75, 3.05) is 59.7 Å². The number of ketones is 2. The predicted octanol–water partition coefficient (Wildman–Crippen LogP) is -2.32. The Balaban J connectivity index is -0.00000218. The smallest absolute Gasteiger partial charge is 0.487 e. The zero-order chi connectivity index (χ0) is 21.9. The van der Waals surface area contributed by atoms with Gasteiger partial charge in [0.05, 0.1) is 13.2 Å². The van der Waals surface area contributed by atoms with E-state index in [9.17, 15) is 9.59 Å². The number of nitrogens with zero attached hydrogens (tertiary/aromatic N) is 1. The van der Waals surface area contributed by atoms with Gasteiger partial charge in [-0.2, -0.15) is 0 Å². The number of carbonyl (C=O) groups is 2. The fraction of sp³-hybridized carbons (Fsp3) is 0.391. The molecular formula is C23H37LuN3O9+3. The minimum atomic E-state index is -0.156. The second-order valence-electron chi connectivity index (χ2n) is 7.16. The molecule has 0 fully saturated rings. The van der Waals surface area contributed by atoms with Crippen molar-refractivity contribution in [1.29, 1.82) is 0 Å². The standard InChI is InChI=1S/C23H29N3O5.Lu.4H2O/c1-26-10-8-24-16-18-4-2-6-20(22(18)27)30-14-12-29-13-15-31-21-7-3-5-19(23(21)28)17-25-9-11-26;;;;;/h2-7,16-17,24-25H,8-15H2,1H3;;4*1H2/q;+3;;;;. The van der Waals surface area contributed by atoms with E-state index in [2.05, 4.69) is 15.5 Å². The second-order valence-corrected chi connectivity index (χ2v) is 7.16. The Morgan fingerprint density at radius 3 is 1.56 bits per heavy atom. The second kappa shape index (κ2) is 21.1. The zero-order valence-corrected chi connectivity index (χ0v) is 21.7. The fourth-order valence-corrected chi connectivity index (χ4v) is 3.03. The Morgan fingerprint density at radius 1 is 0.722 bits per heavy atom. The van der Waals surface area contributed by atoms with E-state index in [0.717, 1.165) is 13.1 Å². The first-order valence-corrected chi connectivity index (χ1v) is 10.4. The number of rotatable bonds is 0. The largest absolute Gasteiger partial charge is 3.00 e. The molecule has 0 radical (unpaired) electrons. The van der Waals surface area contributed by atoms with E-state index >= 15 is 0 Å². The number of likely N-dealkylation sites (N-methyl/N-ethyl adjacent to an activating group) is 1. The van der Waals surface area contributed by atoms with Crippen molar-refractivity contribution in [2.45, 2.75) is 0 Å². The van der Waals surface area contributed by atoms with Crippen LogP contribution in [0.4, 0.5) is 0 Å². The normalized spacial score (nSPS) is 19.0. The first-order valence-electron chi connectivity index (χ1n) is 10.4. The van der Waals surface area contributed by atoms with Gasteiger partial charge in [-0.25, -0.2) is 0 Å². The van der Waals surface area contributed by atoms with E-state index in [4.69, 9.17) is 14.2 Å². The van der Waals surface area contributed by atoms with Crippen LogP contribution >= 0.6 is 0 Å². The van der Waals surface area contributed by atoms with Gasteiger partial charge >= 0.3 is 36.9 Å². The average Bonchev–Trinajstić information content (AvgIpc) is 2.76. The van der Waals surface area contributed by atoms with Crippen LogP contribution in [0.3, 0.4) is 0 Å². The number of carbonyl (C=O) groups excluding carboxylic acids is 2. The molecule has 0 saturated carbocycles. The van der Waals surface area contributed by atoms with Crippen LogP contribution < -0.4 is 10.6 Å². The zero-order valence-electron chi connectivity index (χ0n) is 20.0. The Bertz CT molecular complexity index is 799. The van der Waals surface area contributed by atoms with Gasteiger partial charge in [-0.15, -0.1) is 0 Å². The number of hydrogen-bond donors (Lipinski definition) is 2. The summed E-state index contributed by atoms with van der Waals surface area (Å²) in [5.41, 5.74) is 1.12. The summed E-state index contributed by atoms with van der Waals surface area (Å²) < 4.78 is 16.6. The van der Waals surface area contributed by atoms with Gasteiger partial charge in [0, 0.05) is 49.7 Å². The number of Topliss-reactive ketones (excluding diaryl/α,β-unsaturated/α-hetero) is 2. The van der Waals surface area contributed by atoms with Crippen molar-refractivity contribution in [2.24, 2.45) is 0 Å². The first-order chi connectivity index (χ1) is 15.1. The van der Waals surface area contributed by atoms with Gasteiger partial charge in [0.25, 0.3) is 0 Å². The van der Waals surface area contributed by atoms with Crippen molar-refractivity contribution in [3.8, 4) is 0 Å². The van der Waals surface area contributed by atoms with Gasteiger partial charge < -0.3 is 51.6 Å². The molecule has 2 aliphatic carbocycles. The van der Waals surface area contributed by atoms with E-state index in [-0.39, 0.29) is 83.6 Å².